The lowest BCUT2D eigenvalue weighted by Gasteiger charge is -2.33. The number of hydrogen-bond acceptors (Lipinski definition) is 6. The van der Waals surface area contributed by atoms with Gasteiger partial charge in [-0.25, -0.2) is 0 Å². The molecule has 0 N–H and O–H groups in total. The highest BCUT2D eigenvalue weighted by Crippen LogP contribution is 2.27. The van der Waals surface area contributed by atoms with E-state index in [1.807, 2.05) is 27.8 Å². The lowest BCUT2D eigenvalue weighted by Crippen LogP contribution is -2.44. The largest absolute Gasteiger partial charge is 0.491 e. The van der Waals surface area contributed by atoms with Crippen LogP contribution in [0.2, 0.25) is 0 Å². The standard InChI is InChI=1S/C22H26N2O4S/c1-27-22(26)19-4-2-3-8-23(19)13-16-5-6-20-18(12-16)14-24(9-10-28-20)21(25)17-7-11-29-15-17/h5-7,11-12,15,19H,2-4,8-10,13-14H2,1H3/t19-/m0/s1. The average molecular weight is 415 g/mol. The number of hydrogen-bond donors (Lipinski definition) is 0. The fraction of sp³-hybridized carbons (Fsp3) is 0.455. The minimum absolute atomic E-state index is 0.0369. The summed E-state index contributed by atoms with van der Waals surface area (Å²) in [6, 6.07) is 7.83. The average Bonchev–Trinajstić information content (AvgIpc) is 3.20. The maximum absolute atomic E-state index is 12.8. The highest BCUT2D eigenvalue weighted by atomic mass is 32.1. The number of thiophene rings is 1. The van der Waals surface area contributed by atoms with E-state index < -0.39 is 0 Å². The van der Waals surface area contributed by atoms with Crippen LogP contribution in [0.1, 0.15) is 40.7 Å². The fourth-order valence-electron chi connectivity index (χ4n) is 4.11. The van der Waals surface area contributed by atoms with Crippen molar-refractivity contribution in [3.63, 3.8) is 0 Å². The molecule has 1 fully saturated rings. The van der Waals surface area contributed by atoms with Crippen molar-refractivity contribution in [2.24, 2.45) is 0 Å². The second-order valence-electron chi connectivity index (χ2n) is 7.53. The third-order valence-corrected chi connectivity index (χ3v) is 6.32. The van der Waals surface area contributed by atoms with E-state index in [1.54, 1.807) is 0 Å². The predicted molar refractivity (Wildman–Crippen MR) is 111 cm³/mol. The summed E-state index contributed by atoms with van der Waals surface area (Å²) >= 11 is 1.53. The van der Waals surface area contributed by atoms with Gasteiger partial charge in [0.25, 0.3) is 5.91 Å². The number of amides is 1. The Morgan fingerprint density at radius 2 is 2.14 bits per heavy atom. The van der Waals surface area contributed by atoms with Gasteiger partial charge in [-0.15, -0.1) is 0 Å². The molecule has 2 aromatic rings. The molecule has 0 radical (unpaired) electrons. The molecule has 6 nitrogen and oxygen atoms in total. The zero-order valence-corrected chi connectivity index (χ0v) is 17.5. The number of benzene rings is 1. The number of carbonyl (C=O) groups is 2. The van der Waals surface area contributed by atoms with Gasteiger partial charge in [0.15, 0.2) is 0 Å². The Kier molecular flexibility index (Phi) is 6.16. The molecule has 1 atom stereocenters. The van der Waals surface area contributed by atoms with Gasteiger partial charge in [0.05, 0.1) is 19.2 Å². The molecule has 7 heteroatoms. The van der Waals surface area contributed by atoms with Crippen LogP contribution in [0.4, 0.5) is 0 Å². The van der Waals surface area contributed by atoms with Crippen molar-refractivity contribution in [2.45, 2.75) is 38.4 Å². The first-order valence-electron chi connectivity index (χ1n) is 10.0. The van der Waals surface area contributed by atoms with E-state index >= 15 is 0 Å². The van der Waals surface area contributed by atoms with Crippen LogP contribution < -0.4 is 4.74 Å². The number of likely N-dealkylation sites (tertiary alicyclic amines) is 1. The summed E-state index contributed by atoms with van der Waals surface area (Å²) in [6.45, 7) is 3.15. The van der Waals surface area contributed by atoms with Crippen LogP contribution in [-0.4, -0.2) is 54.5 Å². The van der Waals surface area contributed by atoms with Crippen molar-refractivity contribution in [3.05, 3.63) is 51.7 Å². The third kappa shape index (κ3) is 4.46. The second-order valence-corrected chi connectivity index (χ2v) is 8.31. The monoisotopic (exact) mass is 414 g/mol. The van der Waals surface area contributed by atoms with Crippen LogP contribution in [0, 0.1) is 0 Å². The first kappa shape index (κ1) is 19.9. The number of rotatable bonds is 4. The maximum atomic E-state index is 12.8. The van der Waals surface area contributed by atoms with Gasteiger partial charge in [-0.2, -0.15) is 11.3 Å². The SMILES string of the molecule is COC(=O)[C@@H]1CCCCN1Cc1ccc2c(c1)CN(C(=O)c1ccsc1)CCO2. The molecule has 154 valence electrons. The number of piperidine rings is 1. The Labute approximate surface area is 175 Å². The van der Waals surface area contributed by atoms with Gasteiger partial charge in [-0.1, -0.05) is 12.5 Å². The van der Waals surface area contributed by atoms with Crippen LogP contribution in [0.5, 0.6) is 5.75 Å². The van der Waals surface area contributed by atoms with Crippen LogP contribution >= 0.6 is 11.3 Å². The van der Waals surface area contributed by atoms with Crippen LogP contribution in [-0.2, 0) is 22.6 Å². The summed E-state index contributed by atoms with van der Waals surface area (Å²) in [5.74, 6) is 0.711. The van der Waals surface area contributed by atoms with E-state index in [4.69, 9.17) is 9.47 Å². The Morgan fingerprint density at radius 1 is 1.24 bits per heavy atom. The van der Waals surface area contributed by atoms with Gasteiger partial charge in [-0.3, -0.25) is 14.5 Å². The van der Waals surface area contributed by atoms with Crippen LogP contribution in [0.3, 0.4) is 0 Å². The van der Waals surface area contributed by atoms with Gasteiger partial charge < -0.3 is 14.4 Å². The summed E-state index contributed by atoms with van der Waals surface area (Å²) in [7, 11) is 1.45. The Bertz CT molecular complexity index is 868. The number of nitrogens with zero attached hydrogens (tertiary/aromatic N) is 2. The third-order valence-electron chi connectivity index (χ3n) is 5.63. The molecule has 1 amide bonds. The van der Waals surface area contributed by atoms with Crippen molar-refractivity contribution in [3.8, 4) is 5.75 Å². The molecule has 0 aliphatic carbocycles. The summed E-state index contributed by atoms with van der Waals surface area (Å²) in [5.41, 5.74) is 2.85. The van der Waals surface area contributed by atoms with Gasteiger partial charge in [0.2, 0.25) is 0 Å². The predicted octanol–water partition coefficient (Wildman–Crippen LogP) is 3.31. The topological polar surface area (TPSA) is 59.1 Å². The summed E-state index contributed by atoms with van der Waals surface area (Å²) in [5, 5.41) is 3.80. The quantitative estimate of drug-likeness (QED) is 0.719. The number of ether oxygens (including phenoxy) is 2. The molecule has 1 saturated heterocycles. The highest BCUT2D eigenvalue weighted by Gasteiger charge is 2.29. The van der Waals surface area contributed by atoms with E-state index in [1.165, 1.54) is 18.4 Å². The summed E-state index contributed by atoms with van der Waals surface area (Å²) in [4.78, 5) is 29.0. The second kappa shape index (κ2) is 8.97. The van der Waals surface area contributed by atoms with Gasteiger partial charge in [-0.05, 0) is 48.5 Å². The van der Waals surface area contributed by atoms with E-state index in [0.717, 1.165) is 48.2 Å². The number of carbonyl (C=O) groups excluding carboxylic acids is 2. The zero-order valence-electron chi connectivity index (χ0n) is 16.6. The molecule has 2 aliphatic heterocycles. The Hall–Kier alpha value is -2.38. The number of fused-ring (bicyclic) bond motifs is 1. The normalized spacial score (nSPS) is 19.8. The summed E-state index contributed by atoms with van der Waals surface area (Å²) in [6.07, 6.45) is 2.97. The Balaban J connectivity index is 1.51. The molecular formula is C22H26N2O4S. The molecule has 2 aliphatic rings. The lowest BCUT2D eigenvalue weighted by molar-refractivity contribution is -0.148. The van der Waals surface area contributed by atoms with Crippen molar-refractivity contribution >= 4 is 23.2 Å². The van der Waals surface area contributed by atoms with E-state index in [0.29, 0.717) is 26.2 Å². The Morgan fingerprint density at radius 3 is 2.93 bits per heavy atom. The summed E-state index contributed by atoms with van der Waals surface area (Å²) < 4.78 is 10.9. The van der Waals surface area contributed by atoms with Gasteiger partial charge in [0.1, 0.15) is 18.4 Å². The van der Waals surface area contributed by atoms with E-state index in [2.05, 4.69) is 17.0 Å². The van der Waals surface area contributed by atoms with Crippen LogP contribution in [0.25, 0.3) is 0 Å². The fourth-order valence-corrected chi connectivity index (χ4v) is 4.74. The number of methoxy groups -OCH3 is 1. The molecular weight excluding hydrogens is 388 g/mol. The van der Waals surface area contributed by atoms with Crippen molar-refractivity contribution in [1.82, 2.24) is 9.80 Å². The molecule has 3 heterocycles. The minimum Gasteiger partial charge on any atom is -0.491 e. The van der Waals surface area contributed by atoms with Crippen molar-refractivity contribution < 1.29 is 19.1 Å². The first-order chi connectivity index (χ1) is 14.2. The smallest absolute Gasteiger partial charge is 0.323 e. The van der Waals surface area contributed by atoms with Gasteiger partial charge >= 0.3 is 5.97 Å². The maximum Gasteiger partial charge on any atom is 0.323 e. The molecule has 1 aromatic heterocycles. The molecule has 0 unspecified atom stereocenters. The lowest BCUT2D eigenvalue weighted by atomic mass is 10.0. The number of esters is 1. The van der Waals surface area contributed by atoms with Crippen LogP contribution in [0.15, 0.2) is 35.0 Å². The van der Waals surface area contributed by atoms with Crippen molar-refractivity contribution in [1.29, 1.82) is 0 Å². The highest BCUT2D eigenvalue weighted by molar-refractivity contribution is 7.08. The molecule has 0 spiro atoms. The van der Waals surface area contributed by atoms with Crippen molar-refractivity contribution in [2.75, 3.05) is 26.8 Å². The zero-order chi connectivity index (χ0) is 20.2. The van der Waals surface area contributed by atoms with E-state index in [9.17, 15) is 9.59 Å². The van der Waals surface area contributed by atoms with Gasteiger partial charge in [0, 0.05) is 24.0 Å². The molecule has 4 rings (SSSR count). The molecule has 0 bridgehead atoms. The molecule has 29 heavy (non-hydrogen) atoms. The molecule has 0 saturated carbocycles. The minimum atomic E-state index is -0.180. The molecule has 1 aromatic carbocycles. The first-order valence-corrected chi connectivity index (χ1v) is 11.0. The van der Waals surface area contributed by atoms with E-state index in [-0.39, 0.29) is 17.9 Å².